The molecule has 3 aromatic carbocycles. The van der Waals surface area contributed by atoms with E-state index in [0.29, 0.717) is 29.4 Å². The predicted molar refractivity (Wildman–Crippen MR) is 238 cm³/mol. The number of hydrogen-bond acceptors (Lipinski definition) is 6. The van der Waals surface area contributed by atoms with Gasteiger partial charge in [0, 0.05) is 22.3 Å². The average molecular weight is 793 g/mol. The van der Waals surface area contributed by atoms with Gasteiger partial charge >= 0.3 is 5.97 Å². The van der Waals surface area contributed by atoms with E-state index >= 15 is 4.39 Å². The quantitative estimate of drug-likeness (QED) is 0.0410. The predicted octanol–water partition coefficient (Wildman–Crippen LogP) is 13.1. The second-order valence-electron chi connectivity index (χ2n) is 15.6. The smallest absolute Gasteiger partial charge is 0.333 e. The number of carbonyl (C=O) groups excluding carboxylic acids is 1. The molecule has 7 heteroatoms. The molecule has 1 aliphatic rings. The van der Waals surface area contributed by atoms with Gasteiger partial charge in [0.2, 0.25) is 0 Å². The molecule has 0 N–H and O–H groups in total. The number of rotatable bonds is 22. The van der Waals surface area contributed by atoms with Gasteiger partial charge in [0.05, 0.1) is 6.61 Å². The van der Waals surface area contributed by atoms with E-state index in [4.69, 9.17) is 9.47 Å². The van der Waals surface area contributed by atoms with Gasteiger partial charge in [0.15, 0.2) is 0 Å². The molecule has 296 valence electrons. The first-order valence-electron chi connectivity index (χ1n) is 20.5. The third-order valence-corrected chi connectivity index (χ3v) is 12.9. The number of thiol groups is 3. The van der Waals surface area contributed by atoms with E-state index < -0.39 is 11.4 Å². The minimum atomic E-state index is -0.439. The molecule has 1 unspecified atom stereocenters. The summed E-state index contributed by atoms with van der Waals surface area (Å²) in [6.45, 7) is 12.5. The number of benzene rings is 3. The molecule has 0 aromatic heterocycles. The maximum atomic E-state index is 16.0. The minimum Gasteiger partial charge on any atom is -0.493 e. The van der Waals surface area contributed by atoms with Gasteiger partial charge in [-0.15, -0.1) is 0 Å². The van der Waals surface area contributed by atoms with Crippen LogP contribution in [0.2, 0.25) is 0 Å². The van der Waals surface area contributed by atoms with Gasteiger partial charge in [-0.05, 0) is 152 Å². The number of esters is 1. The number of carbonyl (C=O) groups is 1. The molecule has 0 saturated heterocycles. The number of unbranched alkanes of at least 4 members (excludes halogenated alkanes) is 2. The van der Waals surface area contributed by atoms with Crippen LogP contribution >= 0.6 is 37.9 Å². The van der Waals surface area contributed by atoms with E-state index in [1.807, 2.05) is 12.1 Å². The van der Waals surface area contributed by atoms with Crippen molar-refractivity contribution in [3.8, 4) is 28.0 Å². The average Bonchev–Trinajstić information content (AvgIpc) is 3.19. The van der Waals surface area contributed by atoms with Crippen LogP contribution in [-0.2, 0) is 28.8 Å². The summed E-state index contributed by atoms with van der Waals surface area (Å²) in [5, 5.41) is 0. The topological polar surface area (TPSA) is 35.5 Å². The van der Waals surface area contributed by atoms with Crippen molar-refractivity contribution >= 4 is 43.9 Å². The van der Waals surface area contributed by atoms with Crippen molar-refractivity contribution in [3.05, 3.63) is 88.8 Å². The molecule has 1 fully saturated rings. The van der Waals surface area contributed by atoms with Gasteiger partial charge in [-0.25, -0.2) is 9.18 Å². The zero-order valence-electron chi connectivity index (χ0n) is 33.4. The largest absolute Gasteiger partial charge is 0.493 e. The molecule has 4 rings (SSSR count). The molecule has 54 heavy (non-hydrogen) atoms. The molecule has 1 aliphatic carbocycles. The Morgan fingerprint density at radius 2 is 1.52 bits per heavy atom. The van der Waals surface area contributed by atoms with E-state index in [9.17, 15) is 4.79 Å². The molecule has 0 amide bonds. The second-order valence-corrected chi connectivity index (χ2v) is 16.8. The van der Waals surface area contributed by atoms with Gasteiger partial charge in [-0.3, -0.25) is 0 Å². The lowest BCUT2D eigenvalue weighted by Gasteiger charge is -2.31. The van der Waals surface area contributed by atoms with Crippen LogP contribution in [0.15, 0.2) is 60.7 Å². The highest BCUT2D eigenvalue weighted by Gasteiger charge is 2.31. The summed E-state index contributed by atoms with van der Waals surface area (Å²) in [6, 6.07) is 17.0. The molecule has 0 radical (unpaired) electrons. The zero-order chi connectivity index (χ0) is 39.1. The molecule has 1 atom stereocenters. The SMILES string of the molecule is C=C(C)C(=O)OCC(CC)(CS)COc1cc(CCCS)c(-c2ccc(-c3ccc(C4CCC(CCCCC)CC4)cc3F)c(CC)c2)cc1CCCS. The van der Waals surface area contributed by atoms with Gasteiger partial charge < -0.3 is 9.47 Å². The van der Waals surface area contributed by atoms with Crippen LogP contribution in [-0.4, -0.2) is 36.4 Å². The minimum absolute atomic E-state index is 0.121. The Balaban J connectivity index is 1.62. The van der Waals surface area contributed by atoms with Crippen molar-refractivity contribution < 1.29 is 18.7 Å². The molecule has 1 saturated carbocycles. The Bertz CT molecular complexity index is 1660. The highest BCUT2D eigenvalue weighted by atomic mass is 32.1. The molecule has 3 aromatic rings. The molecule has 3 nitrogen and oxygen atoms in total. The summed E-state index contributed by atoms with van der Waals surface area (Å²) >= 11 is 13.7. The van der Waals surface area contributed by atoms with Crippen molar-refractivity contribution in [3.63, 3.8) is 0 Å². The van der Waals surface area contributed by atoms with Crippen molar-refractivity contribution in [2.75, 3.05) is 30.5 Å². The Morgan fingerprint density at radius 1 is 0.815 bits per heavy atom. The van der Waals surface area contributed by atoms with Crippen molar-refractivity contribution in [1.29, 1.82) is 0 Å². The van der Waals surface area contributed by atoms with Gasteiger partial charge in [-0.1, -0.05) is 83.4 Å². The van der Waals surface area contributed by atoms with Crippen LogP contribution in [0.1, 0.15) is 126 Å². The monoisotopic (exact) mass is 792 g/mol. The number of aryl methyl sites for hydroxylation is 3. The molecule has 0 heterocycles. The van der Waals surface area contributed by atoms with Crippen LogP contribution < -0.4 is 4.74 Å². The highest BCUT2D eigenvalue weighted by Crippen LogP contribution is 2.41. The highest BCUT2D eigenvalue weighted by molar-refractivity contribution is 7.80. The Kier molecular flexibility index (Phi) is 18.4. The normalized spacial score (nSPS) is 16.9. The van der Waals surface area contributed by atoms with Crippen molar-refractivity contribution in [2.24, 2.45) is 11.3 Å². The third kappa shape index (κ3) is 12.1. The Labute approximate surface area is 342 Å². The first-order valence-corrected chi connectivity index (χ1v) is 22.4. The molecular weight excluding hydrogens is 728 g/mol. The summed E-state index contributed by atoms with van der Waals surface area (Å²) in [7, 11) is 0. The fourth-order valence-corrected chi connectivity index (χ4v) is 8.54. The van der Waals surface area contributed by atoms with Gasteiger partial charge in [-0.2, -0.15) is 37.9 Å². The number of hydrogen-bond donors (Lipinski definition) is 3. The molecule has 0 spiro atoms. The summed E-state index contributed by atoms with van der Waals surface area (Å²) < 4.78 is 28.3. The van der Waals surface area contributed by atoms with Crippen molar-refractivity contribution in [1.82, 2.24) is 0 Å². The fraction of sp³-hybridized carbons (Fsp3) is 0.553. The lowest BCUT2D eigenvalue weighted by molar-refractivity contribution is -0.142. The maximum absolute atomic E-state index is 16.0. The zero-order valence-corrected chi connectivity index (χ0v) is 36.0. The summed E-state index contributed by atoms with van der Waals surface area (Å²) in [5.74, 6) is 3.68. The Hall–Kier alpha value is -2.35. The third-order valence-electron chi connectivity index (χ3n) is 11.6. The van der Waals surface area contributed by atoms with Gasteiger partial charge in [0.25, 0.3) is 0 Å². The van der Waals surface area contributed by atoms with Crippen LogP contribution in [0.5, 0.6) is 5.75 Å². The lowest BCUT2D eigenvalue weighted by Crippen LogP contribution is -2.36. The molecule has 0 aliphatic heterocycles. The summed E-state index contributed by atoms with van der Waals surface area (Å²) in [6.07, 6.45) is 15.2. The van der Waals surface area contributed by atoms with Gasteiger partial charge in [0.1, 0.15) is 18.2 Å². The fourth-order valence-electron chi connectivity index (χ4n) is 7.82. The summed E-state index contributed by atoms with van der Waals surface area (Å²) in [4.78, 5) is 12.2. The molecule has 0 bridgehead atoms. The van der Waals surface area contributed by atoms with Crippen LogP contribution in [0.25, 0.3) is 22.3 Å². The van der Waals surface area contributed by atoms with E-state index in [1.165, 1.54) is 62.5 Å². The van der Waals surface area contributed by atoms with E-state index in [-0.39, 0.29) is 12.4 Å². The summed E-state index contributed by atoms with van der Waals surface area (Å²) in [5.41, 5.74) is 8.49. The lowest BCUT2D eigenvalue weighted by atomic mass is 9.77. The van der Waals surface area contributed by atoms with Crippen LogP contribution in [0, 0.1) is 17.2 Å². The first-order chi connectivity index (χ1) is 26.1. The molecular formula is C47H65FO3S3. The standard InChI is InChI=1S/C47H65FO3S3/c1-6-9-10-13-34-16-18-36(19-17-34)37-20-23-42(44(48)28-37)41-22-21-39(26-35(41)7-2)43-27-40(15-12-25-53)45(29-38(43)14-11-24-52)50-30-47(8-3,32-54)31-51-46(49)33(4)5/h20-23,26-29,34,36,52-54H,4,6-19,24-25,30-32H2,1-3,5H3. The van der Waals surface area contributed by atoms with Crippen LogP contribution in [0.3, 0.4) is 0 Å². The van der Waals surface area contributed by atoms with Crippen LogP contribution in [0.4, 0.5) is 4.39 Å². The van der Waals surface area contributed by atoms with E-state index in [2.05, 4.69) is 102 Å². The maximum Gasteiger partial charge on any atom is 0.333 e. The second kappa shape index (κ2) is 22.4. The number of ether oxygens (including phenoxy) is 2. The van der Waals surface area contributed by atoms with E-state index in [0.717, 1.165) is 89.5 Å². The van der Waals surface area contributed by atoms with Crippen molar-refractivity contribution in [2.45, 2.75) is 124 Å². The first kappa shape index (κ1) is 44.4. The number of halogens is 1. The Morgan fingerprint density at radius 3 is 2.13 bits per heavy atom. The van der Waals surface area contributed by atoms with E-state index in [1.54, 1.807) is 6.92 Å².